The van der Waals surface area contributed by atoms with Gasteiger partial charge in [-0.15, -0.1) is 0 Å². The van der Waals surface area contributed by atoms with E-state index in [2.05, 4.69) is 4.90 Å². The van der Waals surface area contributed by atoms with Gasteiger partial charge >= 0.3 is 30.3 Å². The summed E-state index contributed by atoms with van der Waals surface area (Å²) in [5, 5.41) is 9.41. The van der Waals surface area contributed by atoms with E-state index in [1.165, 1.54) is 43.3 Å². The summed E-state index contributed by atoms with van der Waals surface area (Å²) in [5.74, 6) is -10.8. The van der Waals surface area contributed by atoms with Crippen molar-refractivity contribution < 1.29 is 87.1 Å². The number of aromatic nitrogens is 2. The van der Waals surface area contributed by atoms with E-state index in [1.807, 2.05) is 67.7 Å². The van der Waals surface area contributed by atoms with Crippen molar-refractivity contribution in [2.45, 2.75) is 164 Å². The van der Waals surface area contributed by atoms with Gasteiger partial charge in [-0.25, -0.2) is 22.4 Å². The van der Waals surface area contributed by atoms with Gasteiger partial charge in [-0.2, -0.15) is 53.3 Å². The van der Waals surface area contributed by atoms with E-state index in [0.29, 0.717) is 59.5 Å². The number of pyridine rings is 2. The van der Waals surface area contributed by atoms with Crippen LogP contribution in [-0.2, 0) is 53.8 Å². The second kappa shape index (κ2) is 40.0. The normalized spacial score (nSPS) is 12.7. The Morgan fingerprint density at radius 1 is 0.544 bits per heavy atom. The molecule has 103 heavy (non-hydrogen) atoms. The Balaban J connectivity index is 0.000000576. The summed E-state index contributed by atoms with van der Waals surface area (Å²) < 4.78 is 170. The number of likely N-dealkylation sites (N-methyl/N-ethyl adjacent to an activating group) is 2. The number of hydrogen-bond acceptors (Lipinski definition) is 13. The minimum Gasteiger partial charge on any atom is -0.496 e. The molecule has 0 fully saturated rings. The van der Waals surface area contributed by atoms with Gasteiger partial charge < -0.3 is 48.7 Å². The fourth-order valence-electron chi connectivity index (χ4n) is 12.0. The number of aryl methyl sites for hydroxylation is 4. The van der Waals surface area contributed by atoms with Crippen LogP contribution >= 0.6 is 27.0 Å². The molecule has 4 atom stereocenters. The number of ketones is 1. The lowest BCUT2D eigenvalue weighted by Gasteiger charge is -2.26. The number of carboxylic acids is 1. The summed E-state index contributed by atoms with van der Waals surface area (Å²) in [6, 6.07) is 6.46. The van der Waals surface area contributed by atoms with Gasteiger partial charge in [0.05, 0.1) is 57.4 Å². The van der Waals surface area contributed by atoms with Crippen LogP contribution in [0.1, 0.15) is 164 Å². The molecule has 0 aliphatic carbocycles. The number of aliphatic carboxylic acids is 1. The third kappa shape index (κ3) is 24.2. The van der Waals surface area contributed by atoms with Gasteiger partial charge in [0.2, 0.25) is 0 Å². The number of nitrogens with two attached hydrogens (primary N) is 1. The van der Waals surface area contributed by atoms with Crippen LogP contribution < -0.4 is 26.3 Å². The highest BCUT2D eigenvalue weighted by Gasteiger charge is 2.42. The smallest absolute Gasteiger partial charge is 0.419 e. The molecule has 0 spiro atoms. The molecule has 2 heterocycles. The predicted octanol–water partition coefficient (Wildman–Crippen LogP) is 15.5. The van der Waals surface area contributed by atoms with Crippen LogP contribution in [0.15, 0.2) is 70.5 Å². The molecule has 6 rings (SSSR count). The van der Waals surface area contributed by atoms with Crippen LogP contribution in [0.3, 0.4) is 0 Å². The van der Waals surface area contributed by atoms with Crippen molar-refractivity contribution in [1.82, 2.24) is 18.9 Å². The fraction of sp³-hybridized carbons (Fsp3) is 0.493. The number of carbonyl (C=O) groups excluding carboxylic acids is 3. The number of carboxylic acid groups (broad SMARTS) is 1. The Bertz CT molecular complexity index is 4040. The van der Waals surface area contributed by atoms with Gasteiger partial charge in [-0.05, 0) is 201 Å². The Morgan fingerprint density at radius 3 is 1.27 bits per heavy atom. The predicted molar refractivity (Wildman–Crippen MR) is 388 cm³/mol. The van der Waals surface area contributed by atoms with E-state index in [4.69, 9.17) is 24.7 Å². The van der Waals surface area contributed by atoms with Crippen molar-refractivity contribution in [3.05, 3.63) is 172 Å². The highest BCUT2D eigenvalue weighted by molar-refractivity contribution is 7.59. The average Bonchev–Trinajstić information content (AvgIpc) is 0.756. The van der Waals surface area contributed by atoms with E-state index in [0.717, 1.165) is 35.2 Å². The highest BCUT2D eigenvalue weighted by Crippen LogP contribution is 2.46. The average molecular weight is 1500 g/mol. The molecule has 2 unspecified atom stereocenters. The van der Waals surface area contributed by atoms with Crippen molar-refractivity contribution in [3.63, 3.8) is 0 Å². The molecule has 0 radical (unpaired) electrons. The number of alkyl halides is 6. The van der Waals surface area contributed by atoms with Gasteiger partial charge in [0.1, 0.15) is 40.8 Å². The lowest BCUT2D eigenvalue weighted by Crippen LogP contribution is -2.32. The monoisotopic (exact) mass is 1500 g/mol. The van der Waals surface area contributed by atoms with Crippen LogP contribution in [0.4, 0.5) is 43.9 Å². The number of carbonyl (C=O) groups is 4. The number of benzene rings is 4. The number of hydrogen-bond donors (Lipinski definition) is 2. The molecule has 0 saturated carbocycles. The maximum absolute atomic E-state index is 16.8. The van der Waals surface area contributed by atoms with Crippen LogP contribution in [0.25, 0.3) is 22.3 Å². The number of methoxy groups -OCH3 is 2. The van der Waals surface area contributed by atoms with Gasteiger partial charge in [-0.1, -0.05) is 39.8 Å². The molecule has 4 aromatic carbocycles. The van der Waals surface area contributed by atoms with Crippen LogP contribution in [0.5, 0.6) is 11.5 Å². The van der Waals surface area contributed by atoms with E-state index in [-0.39, 0.29) is 80.9 Å². The zero-order chi connectivity index (χ0) is 76.6. The Morgan fingerprint density at radius 2 is 0.913 bits per heavy atom. The molecule has 572 valence electrons. The quantitative estimate of drug-likeness (QED) is 0.0347. The van der Waals surface area contributed by atoms with Crippen LogP contribution in [-0.4, -0.2) is 116 Å². The van der Waals surface area contributed by atoms with Crippen LogP contribution in [0, 0.1) is 76.6 Å². The maximum atomic E-state index is 16.8. The number of ether oxygens (including phenoxy) is 4. The van der Waals surface area contributed by atoms with Crippen molar-refractivity contribution in [2.24, 2.45) is 17.6 Å². The molecule has 28 heteroatoms. The molecule has 0 amide bonds. The van der Waals surface area contributed by atoms with Crippen molar-refractivity contribution >= 4 is 50.7 Å². The number of nitrogens with zero attached hydrogens (tertiary/aromatic N) is 4. The summed E-state index contributed by atoms with van der Waals surface area (Å²) in [7, 11) is 10.5. The lowest BCUT2D eigenvalue weighted by atomic mass is 9.83. The van der Waals surface area contributed by atoms with Gasteiger partial charge in [0.25, 0.3) is 11.1 Å². The molecular weight excluding hydrogens is 1400 g/mol. The largest absolute Gasteiger partial charge is 0.496 e. The molecule has 6 aromatic rings. The maximum Gasteiger partial charge on any atom is 0.419 e. The van der Waals surface area contributed by atoms with Crippen molar-refractivity contribution in [2.75, 3.05) is 68.7 Å². The molecule has 0 saturated heterocycles. The van der Waals surface area contributed by atoms with Crippen molar-refractivity contribution in [3.8, 4) is 33.8 Å². The summed E-state index contributed by atoms with van der Waals surface area (Å²) in [5.41, 5.74) is 3.73. The first-order valence-electron chi connectivity index (χ1n) is 33.0. The zero-order valence-electron chi connectivity index (χ0n) is 61.7. The van der Waals surface area contributed by atoms with E-state index >= 15 is 13.2 Å². The standard InChI is InChI=1S/C38H47F5N2O5.C21H22F5NO3.C16H26N2O3.2H2S/c1-10-50-33(48)18-26(17-30(46)29(15-21(2)3)45-20-25(13-14-44(7)8)23(5)16-32(45)47)35-36(39)27(19-28(37(35)40)38(41,42)43)34-22(4)11-12-31(49-9)24(34)6;1-5-30-16(28)9-14(27)18-19(22)12(8-13(20(18)23)21(24,25)26)17-10(2)6-7-15(29-4)11(17)3;1-11(2)8-14(16(20)21)18-10-13(6-7-17(4)5)12(3)9-15(18)19;;/h11-12,16,19-21,26,29H,10,13-15,17-18H2,1-9H3;6-8,14H,5,9,27H2,1-4H3;9-11,14H,6-8H2,1-5H3,(H,20,21);2*1H2/t26-,29?;14-;;;/m00.../s1. The number of halogens is 10. The first-order chi connectivity index (χ1) is 47.0. The zero-order valence-corrected chi connectivity index (χ0v) is 63.7. The van der Waals surface area contributed by atoms with Gasteiger partial charge in [-0.3, -0.25) is 24.0 Å². The molecule has 0 aliphatic rings. The van der Waals surface area contributed by atoms with E-state index in [9.17, 15) is 64.6 Å². The Kier molecular flexibility index (Phi) is 35.5. The first-order valence-corrected chi connectivity index (χ1v) is 33.0. The minimum atomic E-state index is -5.25. The third-order valence-corrected chi connectivity index (χ3v) is 17.1. The topological polar surface area (TPSA) is 202 Å². The SMILES string of the molecule is CCOC(=O)C[C@H](CC(=O)C(CC(C)C)n1cc(CCN(C)C)c(C)cc1=O)c1c(F)c(-c2c(C)ccc(OC)c2C)cc(C(F)(F)F)c1F.CCOC(=O)C[C@H](N)c1c(F)c(-c2c(C)ccc(OC)c2C)cc(C(F)(F)F)c1F.Cc1cc(=O)n(C(CC(C)C)C(=O)O)cc1CCN(C)C.S.S. The lowest BCUT2D eigenvalue weighted by molar-refractivity contribution is -0.144. The first kappa shape index (κ1) is 91.4. The molecule has 2 aromatic heterocycles. The molecule has 3 N–H and O–H groups in total. The van der Waals surface area contributed by atoms with E-state index in [1.54, 1.807) is 77.3 Å². The number of Topliss-reactive ketones (excluding diaryl/α,β-unsaturated/α-hetero) is 1. The third-order valence-electron chi connectivity index (χ3n) is 17.1. The molecule has 0 aliphatic heterocycles. The summed E-state index contributed by atoms with van der Waals surface area (Å²) in [6.45, 7) is 21.9. The van der Waals surface area contributed by atoms with E-state index < -0.39 is 142 Å². The second-order valence-corrected chi connectivity index (χ2v) is 26.4. The second-order valence-electron chi connectivity index (χ2n) is 26.4. The van der Waals surface area contributed by atoms with Gasteiger partial charge in [0, 0.05) is 78.3 Å². The summed E-state index contributed by atoms with van der Waals surface area (Å²) >= 11 is 0. The Hall–Kier alpha value is -7.66. The molecular formula is C75H99F10N5O11S2. The van der Waals surface area contributed by atoms with Gasteiger partial charge in [0.15, 0.2) is 5.78 Å². The van der Waals surface area contributed by atoms with Crippen molar-refractivity contribution in [1.29, 1.82) is 0 Å². The molecule has 0 bridgehead atoms. The number of rotatable bonds is 28. The van der Waals surface area contributed by atoms with Crippen LogP contribution in [0.2, 0.25) is 0 Å². The number of esters is 2. The molecule has 16 nitrogen and oxygen atoms in total. The Labute approximate surface area is 610 Å². The highest BCUT2D eigenvalue weighted by atomic mass is 32.1. The summed E-state index contributed by atoms with van der Waals surface area (Å²) in [4.78, 5) is 79.8. The summed E-state index contributed by atoms with van der Waals surface area (Å²) in [6.07, 6.45) is -7.26. The fourth-order valence-corrected chi connectivity index (χ4v) is 12.0. The minimum absolute atomic E-state index is 0.